The molecular weight excluding hydrogens is 352 g/mol. The van der Waals surface area contributed by atoms with Gasteiger partial charge in [-0.05, 0) is 38.0 Å². The average Bonchev–Trinajstić information content (AvgIpc) is 2.87. The lowest BCUT2D eigenvalue weighted by molar-refractivity contribution is -0.139. The molecule has 0 aliphatic heterocycles. The molecule has 0 radical (unpaired) electrons. The van der Waals surface area contributed by atoms with E-state index in [1.807, 2.05) is 0 Å². The molecule has 0 spiro atoms. The van der Waals surface area contributed by atoms with Crippen LogP contribution in [0.3, 0.4) is 0 Å². The molecule has 1 heterocycles. The van der Waals surface area contributed by atoms with Gasteiger partial charge in [-0.15, -0.1) is 11.3 Å². The SMILES string of the molecule is CCCc1nc(C)c(C(=O)Nc2ccc(OCC(=O)O)c(Cl)c2)s1. The maximum Gasteiger partial charge on any atom is 0.341 e. The van der Waals surface area contributed by atoms with E-state index in [0.29, 0.717) is 16.3 Å². The Hall–Kier alpha value is -2.12. The van der Waals surface area contributed by atoms with Crippen LogP contribution in [-0.2, 0) is 11.2 Å². The number of rotatable bonds is 7. The summed E-state index contributed by atoms with van der Waals surface area (Å²) in [5.74, 6) is -1.09. The minimum Gasteiger partial charge on any atom is -0.480 e. The van der Waals surface area contributed by atoms with Crippen molar-refractivity contribution in [2.45, 2.75) is 26.7 Å². The second-order valence-corrected chi connectivity index (χ2v) is 6.54. The molecule has 0 saturated heterocycles. The highest BCUT2D eigenvalue weighted by molar-refractivity contribution is 7.13. The van der Waals surface area contributed by atoms with Gasteiger partial charge in [-0.2, -0.15) is 0 Å². The summed E-state index contributed by atoms with van der Waals surface area (Å²) in [6.45, 7) is 3.39. The number of aliphatic carboxylic acids is 1. The molecule has 2 rings (SSSR count). The lowest BCUT2D eigenvalue weighted by atomic mass is 10.3. The van der Waals surface area contributed by atoms with Crippen LogP contribution in [0, 0.1) is 6.92 Å². The van der Waals surface area contributed by atoms with Gasteiger partial charge in [-0.3, -0.25) is 4.79 Å². The number of carboxylic acids is 1. The van der Waals surface area contributed by atoms with Gasteiger partial charge in [0.1, 0.15) is 10.6 Å². The number of amides is 1. The number of carbonyl (C=O) groups is 2. The first-order valence-electron chi connectivity index (χ1n) is 7.32. The summed E-state index contributed by atoms with van der Waals surface area (Å²) in [7, 11) is 0. The van der Waals surface area contributed by atoms with Crippen LogP contribution in [0.1, 0.15) is 33.7 Å². The Kier molecular flexibility index (Phi) is 6.16. The number of aromatic nitrogens is 1. The van der Waals surface area contributed by atoms with Crippen molar-refractivity contribution in [2.75, 3.05) is 11.9 Å². The zero-order valence-electron chi connectivity index (χ0n) is 13.3. The maximum absolute atomic E-state index is 12.4. The Morgan fingerprint density at radius 2 is 2.17 bits per heavy atom. The number of anilines is 1. The average molecular weight is 369 g/mol. The third-order valence-corrected chi connectivity index (χ3v) is 4.56. The molecule has 1 amide bonds. The van der Waals surface area contributed by atoms with Gasteiger partial charge in [0.2, 0.25) is 0 Å². The van der Waals surface area contributed by atoms with Crippen molar-refractivity contribution >= 4 is 40.5 Å². The van der Waals surface area contributed by atoms with Crippen molar-refractivity contribution in [3.63, 3.8) is 0 Å². The van der Waals surface area contributed by atoms with E-state index in [2.05, 4.69) is 17.2 Å². The molecular formula is C16H17ClN2O4S. The first-order valence-corrected chi connectivity index (χ1v) is 8.52. The van der Waals surface area contributed by atoms with Gasteiger partial charge in [0, 0.05) is 5.69 Å². The van der Waals surface area contributed by atoms with Gasteiger partial charge in [0.15, 0.2) is 6.61 Å². The maximum atomic E-state index is 12.4. The van der Waals surface area contributed by atoms with Gasteiger partial charge in [-0.25, -0.2) is 9.78 Å². The summed E-state index contributed by atoms with van der Waals surface area (Å²) < 4.78 is 5.04. The van der Waals surface area contributed by atoms with E-state index in [0.717, 1.165) is 17.8 Å². The van der Waals surface area contributed by atoms with Crippen LogP contribution in [0.2, 0.25) is 5.02 Å². The number of nitrogens with one attached hydrogen (secondary N) is 1. The number of thiazole rings is 1. The fourth-order valence-electron chi connectivity index (χ4n) is 2.01. The standard InChI is InChI=1S/C16H17ClN2O4S/c1-3-4-13-18-9(2)15(24-13)16(22)19-10-5-6-12(11(17)7-10)23-8-14(20)21/h5-7H,3-4,8H2,1-2H3,(H,19,22)(H,20,21). The van der Waals surface area contributed by atoms with Crippen LogP contribution < -0.4 is 10.1 Å². The summed E-state index contributed by atoms with van der Waals surface area (Å²) in [4.78, 5) is 27.8. The number of carboxylic acid groups (broad SMARTS) is 1. The third kappa shape index (κ3) is 4.69. The molecule has 8 heteroatoms. The summed E-state index contributed by atoms with van der Waals surface area (Å²) in [5.41, 5.74) is 1.20. The topological polar surface area (TPSA) is 88.5 Å². The lowest BCUT2D eigenvalue weighted by Crippen LogP contribution is -2.12. The van der Waals surface area contributed by atoms with Crippen molar-refractivity contribution in [2.24, 2.45) is 0 Å². The first-order chi connectivity index (χ1) is 11.4. The molecule has 0 aliphatic rings. The Bertz CT molecular complexity index is 761. The molecule has 2 N–H and O–H groups in total. The molecule has 1 aromatic carbocycles. The van der Waals surface area contributed by atoms with Crippen LogP contribution >= 0.6 is 22.9 Å². The summed E-state index contributed by atoms with van der Waals surface area (Å²) in [6.07, 6.45) is 1.82. The van der Waals surface area contributed by atoms with Gasteiger partial charge in [0.05, 0.1) is 15.7 Å². The molecule has 0 aliphatic carbocycles. The summed E-state index contributed by atoms with van der Waals surface area (Å²) >= 11 is 7.42. The largest absolute Gasteiger partial charge is 0.480 e. The molecule has 0 bridgehead atoms. The Morgan fingerprint density at radius 3 is 2.79 bits per heavy atom. The second-order valence-electron chi connectivity index (χ2n) is 5.05. The molecule has 24 heavy (non-hydrogen) atoms. The minimum absolute atomic E-state index is 0.224. The van der Waals surface area contributed by atoms with Gasteiger partial charge in [-0.1, -0.05) is 18.5 Å². The molecule has 0 saturated carbocycles. The van der Waals surface area contributed by atoms with Crippen molar-refractivity contribution in [1.29, 1.82) is 0 Å². The zero-order valence-corrected chi connectivity index (χ0v) is 14.8. The zero-order chi connectivity index (χ0) is 17.7. The first kappa shape index (κ1) is 18.2. The number of carbonyl (C=O) groups excluding carboxylic acids is 1. The number of ether oxygens (including phenoxy) is 1. The molecule has 1 aromatic heterocycles. The summed E-state index contributed by atoms with van der Waals surface area (Å²) in [5, 5.41) is 12.5. The second kappa shape index (κ2) is 8.12. The molecule has 0 fully saturated rings. The van der Waals surface area contributed by atoms with Gasteiger partial charge >= 0.3 is 5.97 Å². The lowest BCUT2D eigenvalue weighted by Gasteiger charge is -2.08. The number of nitrogens with zero attached hydrogens (tertiary/aromatic N) is 1. The number of benzene rings is 1. The van der Waals surface area contributed by atoms with Crippen molar-refractivity contribution in [3.8, 4) is 5.75 Å². The summed E-state index contributed by atoms with van der Waals surface area (Å²) in [6, 6.07) is 4.63. The third-order valence-electron chi connectivity index (χ3n) is 3.05. The van der Waals surface area contributed by atoms with Crippen LogP contribution in [0.5, 0.6) is 5.75 Å². The number of hydrogen-bond acceptors (Lipinski definition) is 5. The molecule has 128 valence electrons. The van der Waals surface area contributed by atoms with Crippen molar-refractivity contribution in [3.05, 3.63) is 38.8 Å². The Balaban J connectivity index is 2.09. The Labute approximate surface area is 148 Å². The molecule has 6 nitrogen and oxygen atoms in total. The van der Waals surface area contributed by atoms with Crippen molar-refractivity contribution in [1.82, 2.24) is 4.98 Å². The minimum atomic E-state index is -1.09. The van der Waals surface area contributed by atoms with Gasteiger partial charge in [0.25, 0.3) is 5.91 Å². The molecule has 2 aromatic rings. The number of halogens is 1. The van der Waals surface area contributed by atoms with E-state index < -0.39 is 12.6 Å². The van der Waals surface area contributed by atoms with E-state index in [-0.39, 0.29) is 16.7 Å². The van der Waals surface area contributed by atoms with Crippen LogP contribution in [0.4, 0.5) is 5.69 Å². The number of hydrogen-bond donors (Lipinski definition) is 2. The van der Waals surface area contributed by atoms with E-state index >= 15 is 0 Å². The fraction of sp³-hybridized carbons (Fsp3) is 0.312. The highest BCUT2D eigenvalue weighted by atomic mass is 35.5. The van der Waals surface area contributed by atoms with Crippen LogP contribution in [0.15, 0.2) is 18.2 Å². The highest BCUT2D eigenvalue weighted by Crippen LogP contribution is 2.28. The quantitative estimate of drug-likeness (QED) is 0.776. The monoisotopic (exact) mass is 368 g/mol. The van der Waals surface area contributed by atoms with Crippen LogP contribution in [0.25, 0.3) is 0 Å². The van der Waals surface area contributed by atoms with E-state index in [4.69, 9.17) is 21.4 Å². The smallest absolute Gasteiger partial charge is 0.341 e. The molecule has 0 unspecified atom stereocenters. The highest BCUT2D eigenvalue weighted by Gasteiger charge is 2.16. The molecule has 0 atom stereocenters. The van der Waals surface area contributed by atoms with Gasteiger partial charge < -0.3 is 15.2 Å². The fourth-order valence-corrected chi connectivity index (χ4v) is 3.30. The Morgan fingerprint density at radius 1 is 1.42 bits per heavy atom. The van der Waals surface area contributed by atoms with E-state index in [1.54, 1.807) is 13.0 Å². The normalized spacial score (nSPS) is 10.5. The predicted molar refractivity (Wildman–Crippen MR) is 93.4 cm³/mol. The van der Waals surface area contributed by atoms with Crippen molar-refractivity contribution < 1.29 is 19.4 Å². The predicted octanol–water partition coefficient (Wildman–Crippen LogP) is 3.77. The van der Waals surface area contributed by atoms with Crippen LogP contribution in [-0.4, -0.2) is 28.6 Å². The van der Waals surface area contributed by atoms with E-state index in [1.165, 1.54) is 23.5 Å². The number of aryl methyl sites for hydroxylation is 2. The van der Waals surface area contributed by atoms with E-state index in [9.17, 15) is 9.59 Å².